The quantitative estimate of drug-likeness (QED) is 0.762. The summed E-state index contributed by atoms with van der Waals surface area (Å²) in [7, 11) is 1.57. The molecule has 1 N–H and O–H groups in total. The highest BCUT2D eigenvalue weighted by Gasteiger charge is 2.61. The van der Waals surface area contributed by atoms with Crippen LogP contribution in [0.3, 0.4) is 0 Å². The van der Waals surface area contributed by atoms with Gasteiger partial charge in [-0.05, 0) is 24.6 Å². The maximum atomic E-state index is 11.1. The molecule has 0 spiro atoms. The Bertz CT molecular complexity index is 384. The highest BCUT2D eigenvalue weighted by molar-refractivity contribution is 5.83. The third kappa shape index (κ3) is 1.37. The zero-order chi connectivity index (χ0) is 11.1. The molecule has 15 heavy (non-hydrogen) atoms. The molecule has 1 aliphatic heterocycles. The number of carboxylic acid groups (broad SMARTS) is 1. The van der Waals surface area contributed by atoms with Crippen molar-refractivity contribution >= 4 is 5.97 Å². The highest BCUT2D eigenvalue weighted by atomic mass is 16.6. The van der Waals surface area contributed by atoms with E-state index in [4.69, 9.17) is 14.6 Å². The Kier molecular flexibility index (Phi) is 2.16. The molecule has 0 bridgehead atoms. The normalized spacial score (nSPS) is 28.5. The third-order valence-corrected chi connectivity index (χ3v) is 2.71. The Morgan fingerprint density at radius 3 is 2.33 bits per heavy atom. The zero-order valence-corrected chi connectivity index (χ0v) is 8.56. The Labute approximate surface area is 87.4 Å². The summed E-state index contributed by atoms with van der Waals surface area (Å²) in [4.78, 5) is 11.1. The SMILES string of the molecule is COc1ccc(C2(C(=O)O)OC2C)cc1. The van der Waals surface area contributed by atoms with E-state index in [1.807, 2.05) is 0 Å². The fourth-order valence-electron chi connectivity index (χ4n) is 1.73. The van der Waals surface area contributed by atoms with Gasteiger partial charge in [0, 0.05) is 0 Å². The molecule has 4 nitrogen and oxygen atoms in total. The second-order valence-corrected chi connectivity index (χ2v) is 3.53. The number of ether oxygens (including phenoxy) is 2. The molecule has 1 heterocycles. The Balaban J connectivity index is 2.33. The van der Waals surface area contributed by atoms with E-state index in [2.05, 4.69) is 0 Å². The predicted molar refractivity (Wildman–Crippen MR) is 52.9 cm³/mol. The second-order valence-electron chi connectivity index (χ2n) is 3.53. The fraction of sp³-hybridized carbons (Fsp3) is 0.364. The number of epoxide rings is 1. The first kappa shape index (κ1) is 9.98. The molecular formula is C11H12O4. The molecule has 1 aliphatic rings. The summed E-state index contributed by atoms with van der Waals surface area (Å²) in [6.07, 6.45) is -0.275. The first-order valence-corrected chi connectivity index (χ1v) is 4.67. The van der Waals surface area contributed by atoms with Crippen molar-refractivity contribution in [1.82, 2.24) is 0 Å². The van der Waals surface area contributed by atoms with E-state index in [1.165, 1.54) is 0 Å². The number of carboxylic acids is 1. The lowest BCUT2D eigenvalue weighted by Gasteiger charge is -2.08. The number of rotatable bonds is 3. The minimum atomic E-state index is -1.15. The van der Waals surface area contributed by atoms with Crippen LogP contribution in [0.4, 0.5) is 0 Å². The standard InChI is InChI=1S/C11H12O4/c1-7-11(15-7,10(12)13)8-3-5-9(14-2)6-4-8/h3-7H,1-2H3,(H,12,13). The Morgan fingerprint density at radius 1 is 1.47 bits per heavy atom. The molecule has 4 heteroatoms. The van der Waals surface area contributed by atoms with Gasteiger partial charge in [-0.2, -0.15) is 0 Å². The third-order valence-electron chi connectivity index (χ3n) is 2.71. The van der Waals surface area contributed by atoms with Crippen LogP contribution in [-0.4, -0.2) is 24.3 Å². The molecule has 0 radical (unpaired) electrons. The number of aliphatic carboxylic acids is 1. The molecule has 0 aliphatic carbocycles. The average molecular weight is 208 g/mol. The predicted octanol–water partition coefficient (Wildman–Crippen LogP) is 1.39. The van der Waals surface area contributed by atoms with E-state index in [1.54, 1.807) is 38.3 Å². The molecular weight excluding hydrogens is 196 g/mol. The van der Waals surface area contributed by atoms with Crippen LogP contribution < -0.4 is 4.74 Å². The van der Waals surface area contributed by atoms with Crippen LogP contribution in [0.1, 0.15) is 12.5 Å². The van der Waals surface area contributed by atoms with Gasteiger partial charge in [-0.3, -0.25) is 0 Å². The molecule has 0 aromatic heterocycles. The first-order valence-electron chi connectivity index (χ1n) is 4.67. The van der Waals surface area contributed by atoms with Crippen LogP contribution in [0.15, 0.2) is 24.3 Å². The molecule has 2 unspecified atom stereocenters. The van der Waals surface area contributed by atoms with Crippen molar-refractivity contribution in [2.75, 3.05) is 7.11 Å². The van der Waals surface area contributed by atoms with Crippen molar-refractivity contribution in [2.24, 2.45) is 0 Å². The summed E-state index contributed by atoms with van der Waals surface area (Å²) in [6, 6.07) is 6.90. The number of benzene rings is 1. The lowest BCUT2D eigenvalue weighted by Crippen LogP contribution is -2.23. The first-order chi connectivity index (χ1) is 7.11. The molecule has 0 amide bonds. The molecule has 2 atom stereocenters. The summed E-state index contributed by atoms with van der Waals surface area (Å²) < 4.78 is 10.2. The zero-order valence-electron chi connectivity index (χ0n) is 8.56. The van der Waals surface area contributed by atoms with Crippen molar-refractivity contribution in [2.45, 2.75) is 18.6 Å². The molecule has 0 saturated carbocycles. The number of hydrogen-bond acceptors (Lipinski definition) is 3. The van der Waals surface area contributed by atoms with Crippen LogP contribution >= 0.6 is 0 Å². The minimum absolute atomic E-state index is 0.275. The maximum absolute atomic E-state index is 11.1. The molecule has 1 aromatic rings. The van der Waals surface area contributed by atoms with Crippen LogP contribution in [0.2, 0.25) is 0 Å². The van der Waals surface area contributed by atoms with E-state index in [-0.39, 0.29) is 6.10 Å². The van der Waals surface area contributed by atoms with Gasteiger partial charge in [0.2, 0.25) is 5.60 Å². The van der Waals surface area contributed by atoms with Gasteiger partial charge in [0.25, 0.3) is 0 Å². The highest BCUT2D eigenvalue weighted by Crippen LogP contribution is 2.46. The van der Waals surface area contributed by atoms with E-state index in [0.717, 1.165) is 0 Å². The molecule has 80 valence electrons. The number of hydrogen-bond donors (Lipinski definition) is 1. The van der Waals surface area contributed by atoms with Crippen molar-refractivity contribution in [3.05, 3.63) is 29.8 Å². The summed E-state index contributed by atoms with van der Waals surface area (Å²) >= 11 is 0. The van der Waals surface area contributed by atoms with E-state index in [0.29, 0.717) is 11.3 Å². The van der Waals surface area contributed by atoms with E-state index in [9.17, 15) is 4.79 Å². The van der Waals surface area contributed by atoms with Gasteiger partial charge >= 0.3 is 5.97 Å². The van der Waals surface area contributed by atoms with Crippen molar-refractivity contribution in [3.63, 3.8) is 0 Å². The van der Waals surface area contributed by atoms with E-state index < -0.39 is 11.6 Å². The van der Waals surface area contributed by atoms with E-state index >= 15 is 0 Å². The fourth-order valence-corrected chi connectivity index (χ4v) is 1.73. The topological polar surface area (TPSA) is 59.1 Å². The van der Waals surface area contributed by atoms with Crippen LogP contribution in [0, 0.1) is 0 Å². The lowest BCUT2D eigenvalue weighted by atomic mass is 9.96. The summed E-state index contributed by atoms with van der Waals surface area (Å²) in [5.74, 6) is -0.243. The van der Waals surface area contributed by atoms with Gasteiger partial charge in [0.05, 0.1) is 7.11 Å². The lowest BCUT2D eigenvalue weighted by molar-refractivity contribution is -0.143. The molecule has 2 rings (SSSR count). The van der Waals surface area contributed by atoms with Crippen molar-refractivity contribution in [3.8, 4) is 5.75 Å². The van der Waals surface area contributed by atoms with Gasteiger partial charge in [0.1, 0.15) is 11.9 Å². The van der Waals surface area contributed by atoms with Gasteiger partial charge < -0.3 is 14.6 Å². The number of carbonyl (C=O) groups is 1. The van der Waals surface area contributed by atoms with Crippen molar-refractivity contribution < 1.29 is 19.4 Å². The molecule has 1 aromatic carbocycles. The van der Waals surface area contributed by atoms with Crippen molar-refractivity contribution in [1.29, 1.82) is 0 Å². The van der Waals surface area contributed by atoms with Crippen LogP contribution in [-0.2, 0) is 15.1 Å². The van der Waals surface area contributed by atoms with Gasteiger partial charge in [-0.15, -0.1) is 0 Å². The Morgan fingerprint density at radius 2 is 2.00 bits per heavy atom. The van der Waals surface area contributed by atoms with Crippen LogP contribution in [0.25, 0.3) is 0 Å². The second kappa shape index (κ2) is 3.24. The summed E-state index contributed by atoms with van der Waals surface area (Å²) in [6.45, 7) is 1.75. The molecule has 1 saturated heterocycles. The maximum Gasteiger partial charge on any atom is 0.343 e. The minimum Gasteiger partial charge on any atom is -0.497 e. The Hall–Kier alpha value is -1.55. The van der Waals surface area contributed by atoms with Gasteiger partial charge in [-0.1, -0.05) is 12.1 Å². The van der Waals surface area contributed by atoms with Gasteiger partial charge in [0.15, 0.2) is 0 Å². The van der Waals surface area contributed by atoms with Gasteiger partial charge in [-0.25, -0.2) is 4.79 Å². The van der Waals surface area contributed by atoms with Crippen LogP contribution in [0.5, 0.6) is 5.75 Å². The molecule has 1 fully saturated rings. The number of methoxy groups -OCH3 is 1. The summed E-state index contributed by atoms with van der Waals surface area (Å²) in [5.41, 5.74) is -0.491. The largest absolute Gasteiger partial charge is 0.497 e. The smallest absolute Gasteiger partial charge is 0.343 e. The summed E-state index contributed by atoms with van der Waals surface area (Å²) in [5, 5.41) is 9.10. The average Bonchev–Trinajstić information content (AvgIpc) is 2.92. The monoisotopic (exact) mass is 208 g/mol.